The molecule has 0 saturated heterocycles. The van der Waals surface area contributed by atoms with Crippen molar-refractivity contribution in [3.63, 3.8) is 0 Å². The third kappa shape index (κ3) is 4.10. The van der Waals surface area contributed by atoms with Crippen LogP contribution in [0.4, 0.5) is 5.95 Å². The Morgan fingerprint density at radius 3 is 2.48 bits per heavy atom. The molecule has 25 heavy (non-hydrogen) atoms. The Morgan fingerprint density at radius 1 is 1.16 bits per heavy atom. The minimum atomic E-state index is -0.310. The van der Waals surface area contributed by atoms with E-state index in [1.807, 2.05) is 24.3 Å². The standard InChI is InChI=1S/C17H14Cl2N4O2/c1-25-11-7-5-10(6-8-11)16-21-17(23-22-16)20-15(24)9-12-13(18)3-2-4-14(12)19/h2-8H,9H2,1H3,(H2,20,21,22,23,24). The molecular formula is C17H14Cl2N4O2. The predicted molar refractivity (Wildman–Crippen MR) is 97.2 cm³/mol. The molecule has 128 valence electrons. The molecule has 1 heterocycles. The monoisotopic (exact) mass is 376 g/mol. The number of amides is 1. The van der Waals surface area contributed by atoms with Gasteiger partial charge in [0.05, 0.1) is 13.5 Å². The van der Waals surface area contributed by atoms with Gasteiger partial charge >= 0.3 is 0 Å². The smallest absolute Gasteiger partial charge is 0.249 e. The van der Waals surface area contributed by atoms with E-state index in [-0.39, 0.29) is 18.3 Å². The van der Waals surface area contributed by atoms with Crippen molar-refractivity contribution in [1.82, 2.24) is 15.2 Å². The van der Waals surface area contributed by atoms with E-state index in [1.165, 1.54) is 0 Å². The fourth-order valence-electron chi connectivity index (χ4n) is 2.23. The maximum absolute atomic E-state index is 12.2. The minimum Gasteiger partial charge on any atom is -0.497 e. The van der Waals surface area contributed by atoms with Crippen LogP contribution in [0, 0.1) is 0 Å². The summed E-state index contributed by atoms with van der Waals surface area (Å²) in [6, 6.07) is 12.4. The normalized spacial score (nSPS) is 10.5. The van der Waals surface area contributed by atoms with Gasteiger partial charge in [-0.15, -0.1) is 5.10 Å². The zero-order chi connectivity index (χ0) is 17.8. The first-order valence-electron chi connectivity index (χ1n) is 7.36. The molecule has 0 unspecified atom stereocenters. The number of aromatic amines is 1. The van der Waals surface area contributed by atoms with Gasteiger partial charge in [-0.1, -0.05) is 29.3 Å². The number of ether oxygens (including phenoxy) is 1. The van der Waals surface area contributed by atoms with E-state index in [2.05, 4.69) is 20.5 Å². The van der Waals surface area contributed by atoms with Crippen LogP contribution in [0.15, 0.2) is 42.5 Å². The predicted octanol–water partition coefficient (Wildman–Crippen LogP) is 3.97. The zero-order valence-corrected chi connectivity index (χ0v) is 14.7. The fraction of sp³-hybridized carbons (Fsp3) is 0.118. The molecule has 0 saturated carbocycles. The highest BCUT2D eigenvalue weighted by Gasteiger charge is 2.13. The lowest BCUT2D eigenvalue weighted by Gasteiger charge is -2.06. The van der Waals surface area contributed by atoms with Crippen molar-refractivity contribution in [2.75, 3.05) is 12.4 Å². The van der Waals surface area contributed by atoms with Gasteiger partial charge in [0, 0.05) is 15.6 Å². The summed E-state index contributed by atoms with van der Waals surface area (Å²) in [5.74, 6) is 1.15. The molecule has 3 aromatic rings. The van der Waals surface area contributed by atoms with Gasteiger partial charge in [-0.3, -0.25) is 15.2 Å². The van der Waals surface area contributed by atoms with Crippen LogP contribution in [-0.4, -0.2) is 28.2 Å². The molecule has 0 spiro atoms. The van der Waals surface area contributed by atoms with Crippen molar-refractivity contribution < 1.29 is 9.53 Å². The molecule has 3 rings (SSSR count). The number of hydrogen-bond acceptors (Lipinski definition) is 4. The number of halogens is 2. The van der Waals surface area contributed by atoms with Crippen LogP contribution < -0.4 is 10.1 Å². The van der Waals surface area contributed by atoms with Gasteiger partial charge in [0.15, 0.2) is 5.82 Å². The SMILES string of the molecule is COc1ccc(-c2nc(NC(=O)Cc3c(Cl)cccc3Cl)n[nH]2)cc1. The molecule has 0 aliphatic heterocycles. The second kappa shape index (κ2) is 7.55. The molecule has 2 aromatic carbocycles. The van der Waals surface area contributed by atoms with Crippen LogP contribution in [-0.2, 0) is 11.2 Å². The van der Waals surface area contributed by atoms with E-state index in [9.17, 15) is 4.79 Å². The van der Waals surface area contributed by atoms with Gasteiger partial charge in [0.2, 0.25) is 11.9 Å². The second-order valence-electron chi connectivity index (χ2n) is 5.16. The lowest BCUT2D eigenvalue weighted by Crippen LogP contribution is -2.15. The molecule has 0 atom stereocenters. The van der Waals surface area contributed by atoms with Gasteiger partial charge in [-0.2, -0.15) is 4.98 Å². The van der Waals surface area contributed by atoms with Crippen LogP contribution in [0.1, 0.15) is 5.56 Å². The first-order chi connectivity index (χ1) is 12.1. The average Bonchev–Trinajstić information content (AvgIpc) is 3.07. The molecule has 0 aliphatic carbocycles. The number of methoxy groups -OCH3 is 1. The molecule has 6 nitrogen and oxygen atoms in total. The van der Waals surface area contributed by atoms with Crippen LogP contribution in [0.5, 0.6) is 5.75 Å². The van der Waals surface area contributed by atoms with E-state index >= 15 is 0 Å². The molecule has 8 heteroatoms. The highest BCUT2D eigenvalue weighted by Crippen LogP contribution is 2.25. The van der Waals surface area contributed by atoms with Crippen LogP contribution in [0.2, 0.25) is 10.0 Å². The largest absolute Gasteiger partial charge is 0.497 e. The summed E-state index contributed by atoms with van der Waals surface area (Å²) >= 11 is 12.1. The van der Waals surface area contributed by atoms with Gasteiger partial charge in [-0.05, 0) is 42.0 Å². The van der Waals surface area contributed by atoms with Crippen molar-refractivity contribution in [3.05, 3.63) is 58.1 Å². The summed E-state index contributed by atoms with van der Waals surface area (Å²) < 4.78 is 5.11. The Balaban J connectivity index is 1.69. The third-order valence-corrected chi connectivity index (χ3v) is 4.21. The summed E-state index contributed by atoms with van der Waals surface area (Å²) in [4.78, 5) is 16.4. The van der Waals surface area contributed by atoms with Crippen LogP contribution in [0.25, 0.3) is 11.4 Å². The lowest BCUT2D eigenvalue weighted by atomic mass is 10.1. The minimum absolute atomic E-state index is 0.0327. The number of benzene rings is 2. The maximum atomic E-state index is 12.2. The number of nitrogens with one attached hydrogen (secondary N) is 2. The van der Waals surface area contributed by atoms with E-state index < -0.39 is 0 Å². The molecule has 0 fully saturated rings. The number of nitrogens with zero attached hydrogens (tertiary/aromatic N) is 2. The summed E-state index contributed by atoms with van der Waals surface area (Å²) in [5, 5.41) is 10.3. The summed E-state index contributed by atoms with van der Waals surface area (Å²) in [7, 11) is 1.60. The van der Waals surface area contributed by atoms with E-state index in [4.69, 9.17) is 27.9 Å². The molecule has 1 aromatic heterocycles. The quantitative estimate of drug-likeness (QED) is 0.705. The number of hydrogen-bond donors (Lipinski definition) is 2. The van der Waals surface area contributed by atoms with Crippen LogP contribution >= 0.6 is 23.2 Å². The first-order valence-corrected chi connectivity index (χ1v) is 8.12. The average molecular weight is 377 g/mol. The summed E-state index contributed by atoms with van der Waals surface area (Å²) in [5.41, 5.74) is 1.39. The molecular weight excluding hydrogens is 363 g/mol. The van der Waals surface area contributed by atoms with Crippen molar-refractivity contribution in [2.24, 2.45) is 0 Å². The number of H-pyrrole nitrogens is 1. The van der Waals surface area contributed by atoms with E-state index in [1.54, 1.807) is 25.3 Å². The number of rotatable bonds is 5. The van der Waals surface area contributed by atoms with Crippen LogP contribution in [0.3, 0.4) is 0 Å². The zero-order valence-electron chi connectivity index (χ0n) is 13.2. The van der Waals surface area contributed by atoms with Crippen molar-refractivity contribution in [3.8, 4) is 17.1 Å². The third-order valence-electron chi connectivity index (χ3n) is 3.50. The highest BCUT2D eigenvalue weighted by atomic mass is 35.5. The van der Waals surface area contributed by atoms with Gasteiger partial charge < -0.3 is 4.74 Å². The molecule has 1 amide bonds. The Labute approximate surface area is 154 Å². The second-order valence-corrected chi connectivity index (χ2v) is 5.98. The van der Waals surface area contributed by atoms with Crippen molar-refractivity contribution in [1.29, 1.82) is 0 Å². The number of aromatic nitrogens is 3. The topological polar surface area (TPSA) is 79.9 Å². The van der Waals surface area contributed by atoms with Crippen molar-refractivity contribution >= 4 is 35.1 Å². The first kappa shape index (κ1) is 17.3. The van der Waals surface area contributed by atoms with E-state index in [0.29, 0.717) is 21.4 Å². The van der Waals surface area contributed by atoms with Crippen molar-refractivity contribution in [2.45, 2.75) is 6.42 Å². The Bertz CT molecular complexity index is 874. The molecule has 2 N–H and O–H groups in total. The van der Waals surface area contributed by atoms with Gasteiger partial charge in [0.1, 0.15) is 5.75 Å². The van der Waals surface area contributed by atoms with E-state index in [0.717, 1.165) is 11.3 Å². The van der Waals surface area contributed by atoms with Gasteiger partial charge in [0.25, 0.3) is 0 Å². The Hall–Kier alpha value is -2.57. The molecule has 0 aliphatic rings. The fourth-order valence-corrected chi connectivity index (χ4v) is 2.76. The summed E-state index contributed by atoms with van der Waals surface area (Å²) in [6.45, 7) is 0. The molecule has 0 bridgehead atoms. The maximum Gasteiger partial charge on any atom is 0.249 e. The van der Waals surface area contributed by atoms with Gasteiger partial charge in [-0.25, -0.2) is 0 Å². The highest BCUT2D eigenvalue weighted by molar-refractivity contribution is 6.36. The number of carbonyl (C=O) groups excluding carboxylic acids is 1. The Kier molecular flexibility index (Phi) is 5.21. The molecule has 0 radical (unpaired) electrons. The summed E-state index contributed by atoms with van der Waals surface area (Å²) in [6.07, 6.45) is 0.0327. The lowest BCUT2D eigenvalue weighted by molar-refractivity contribution is -0.115. The number of anilines is 1. The Morgan fingerprint density at radius 2 is 1.84 bits per heavy atom. The number of carbonyl (C=O) groups is 1.